The lowest BCUT2D eigenvalue weighted by Crippen LogP contribution is -2.22. The van der Waals surface area contributed by atoms with Crippen molar-refractivity contribution in [2.75, 3.05) is 5.32 Å². The molecule has 0 spiro atoms. The fraction of sp³-hybridized carbons (Fsp3) is 0.0417. The molecular formula is C24H16N4O3. The van der Waals surface area contributed by atoms with Crippen molar-refractivity contribution in [1.29, 1.82) is 0 Å². The van der Waals surface area contributed by atoms with Crippen molar-refractivity contribution in [2.24, 2.45) is 4.99 Å². The van der Waals surface area contributed by atoms with Crippen molar-refractivity contribution in [1.82, 2.24) is 4.98 Å². The first kappa shape index (κ1) is 18.6. The summed E-state index contributed by atoms with van der Waals surface area (Å²) in [5.74, 6) is -1.03. The van der Waals surface area contributed by atoms with Gasteiger partial charge >= 0.3 is 0 Å². The molecule has 5 rings (SSSR count). The molecule has 1 aliphatic rings. The molecule has 7 nitrogen and oxygen atoms in total. The number of carbonyl (C=O) groups is 1. The Hall–Kier alpha value is -4.39. The van der Waals surface area contributed by atoms with E-state index >= 15 is 0 Å². The van der Waals surface area contributed by atoms with E-state index in [0.29, 0.717) is 22.6 Å². The molecule has 1 N–H and O–H groups in total. The van der Waals surface area contributed by atoms with Crippen molar-refractivity contribution in [3.63, 3.8) is 0 Å². The molecule has 0 bridgehead atoms. The number of nitrogens with one attached hydrogen (secondary N) is 1. The van der Waals surface area contributed by atoms with Gasteiger partial charge in [0, 0.05) is 35.0 Å². The maximum Gasteiger partial charge on any atom is 0.269 e. The first-order chi connectivity index (χ1) is 15.1. The molecule has 0 radical (unpaired) electrons. The Morgan fingerprint density at radius 1 is 1.00 bits per heavy atom. The predicted octanol–water partition coefficient (Wildman–Crippen LogP) is 5.00. The van der Waals surface area contributed by atoms with E-state index in [1.807, 2.05) is 60.7 Å². The molecule has 0 saturated heterocycles. The largest absolute Gasteiger partial charge is 0.325 e. The minimum absolute atomic E-state index is 0.0653. The van der Waals surface area contributed by atoms with E-state index in [1.54, 1.807) is 12.3 Å². The lowest BCUT2D eigenvalue weighted by molar-refractivity contribution is -0.384. The molecule has 0 saturated carbocycles. The summed E-state index contributed by atoms with van der Waals surface area (Å²) in [6.45, 7) is 0. The number of pyridine rings is 1. The van der Waals surface area contributed by atoms with Gasteiger partial charge in [0.1, 0.15) is 5.92 Å². The van der Waals surface area contributed by atoms with Crippen LogP contribution < -0.4 is 5.32 Å². The van der Waals surface area contributed by atoms with Gasteiger partial charge in [0.15, 0.2) is 0 Å². The maximum absolute atomic E-state index is 13.0. The zero-order valence-electron chi connectivity index (χ0n) is 16.2. The lowest BCUT2D eigenvalue weighted by Gasteiger charge is -2.14. The highest BCUT2D eigenvalue weighted by Crippen LogP contribution is 2.38. The summed E-state index contributed by atoms with van der Waals surface area (Å²) in [5.41, 5.74) is 3.86. The molecule has 1 atom stereocenters. The molecular weight excluding hydrogens is 392 g/mol. The number of aliphatic imine (C=N–C) groups is 1. The van der Waals surface area contributed by atoms with E-state index in [1.165, 1.54) is 12.1 Å². The zero-order chi connectivity index (χ0) is 21.4. The van der Waals surface area contributed by atoms with Crippen LogP contribution in [0.5, 0.6) is 0 Å². The Balaban J connectivity index is 1.69. The third-order valence-electron chi connectivity index (χ3n) is 5.26. The molecule has 7 heteroatoms. The first-order valence-corrected chi connectivity index (χ1v) is 9.68. The van der Waals surface area contributed by atoms with E-state index in [9.17, 15) is 14.9 Å². The zero-order valence-corrected chi connectivity index (χ0v) is 16.2. The summed E-state index contributed by atoms with van der Waals surface area (Å²) in [6.07, 6.45) is 1.73. The summed E-state index contributed by atoms with van der Waals surface area (Å²) < 4.78 is 0. The van der Waals surface area contributed by atoms with Gasteiger partial charge in [0.05, 0.1) is 21.8 Å². The lowest BCUT2D eigenvalue weighted by atomic mass is 9.90. The van der Waals surface area contributed by atoms with Gasteiger partial charge in [-0.25, -0.2) is 0 Å². The third-order valence-corrected chi connectivity index (χ3v) is 5.26. The average Bonchev–Trinajstić information content (AvgIpc) is 3.12. The predicted molar refractivity (Wildman–Crippen MR) is 119 cm³/mol. The van der Waals surface area contributed by atoms with Gasteiger partial charge < -0.3 is 5.32 Å². The molecule has 31 heavy (non-hydrogen) atoms. The first-order valence-electron chi connectivity index (χ1n) is 9.68. The Morgan fingerprint density at radius 3 is 2.65 bits per heavy atom. The van der Waals surface area contributed by atoms with Gasteiger partial charge in [-0.05, 0) is 35.9 Å². The molecule has 150 valence electrons. The van der Waals surface area contributed by atoms with Gasteiger partial charge in [-0.1, -0.05) is 36.4 Å². The van der Waals surface area contributed by atoms with Crippen LogP contribution in [-0.2, 0) is 4.79 Å². The van der Waals surface area contributed by atoms with Crippen molar-refractivity contribution in [2.45, 2.75) is 5.92 Å². The van der Waals surface area contributed by atoms with Crippen LogP contribution in [0.15, 0.2) is 90.1 Å². The van der Waals surface area contributed by atoms with Crippen molar-refractivity contribution in [3.8, 4) is 0 Å². The van der Waals surface area contributed by atoms with E-state index < -0.39 is 10.8 Å². The number of aromatic nitrogens is 1. The normalized spacial score (nSPS) is 15.5. The highest BCUT2D eigenvalue weighted by molar-refractivity contribution is 6.24. The molecule has 4 aromatic rings. The molecule has 1 unspecified atom stereocenters. The van der Waals surface area contributed by atoms with Gasteiger partial charge in [0.2, 0.25) is 5.91 Å². The van der Waals surface area contributed by atoms with Crippen LogP contribution in [0.1, 0.15) is 17.0 Å². The number of fused-ring (bicyclic) bond motifs is 2. The second-order valence-corrected chi connectivity index (χ2v) is 7.19. The number of non-ortho nitro benzene ring substituents is 1. The average molecular weight is 408 g/mol. The Kier molecular flexibility index (Phi) is 4.48. The highest BCUT2D eigenvalue weighted by Gasteiger charge is 2.36. The quantitative estimate of drug-likeness (QED) is 0.292. The van der Waals surface area contributed by atoms with Crippen molar-refractivity contribution >= 4 is 39.6 Å². The van der Waals surface area contributed by atoms with E-state index in [4.69, 9.17) is 4.99 Å². The fourth-order valence-electron chi connectivity index (χ4n) is 3.81. The number of nitro benzene ring substituents is 1. The number of carbonyl (C=O) groups excluding carboxylic acids is 1. The summed E-state index contributed by atoms with van der Waals surface area (Å²) >= 11 is 0. The fourth-order valence-corrected chi connectivity index (χ4v) is 3.81. The molecule has 0 fully saturated rings. The van der Waals surface area contributed by atoms with Crippen LogP contribution >= 0.6 is 0 Å². The molecule has 1 amide bonds. The molecule has 1 aliphatic heterocycles. The molecule has 2 heterocycles. The van der Waals surface area contributed by atoms with E-state index in [-0.39, 0.29) is 11.6 Å². The monoisotopic (exact) mass is 408 g/mol. The SMILES string of the molecule is O=C1Nc2ccc([N+](=O)[O-])cc2C1C(=Nc1ccc2ncccc2c1)c1ccccc1. The minimum atomic E-state index is -0.762. The second kappa shape index (κ2) is 7.46. The van der Waals surface area contributed by atoms with Crippen LogP contribution in [0, 0.1) is 10.1 Å². The van der Waals surface area contributed by atoms with Gasteiger partial charge in [0.25, 0.3) is 5.69 Å². The highest BCUT2D eigenvalue weighted by atomic mass is 16.6. The number of nitro groups is 1. The van der Waals surface area contributed by atoms with E-state index in [0.717, 1.165) is 16.5 Å². The summed E-state index contributed by atoms with van der Waals surface area (Å²) in [4.78, 5) is 33.0. The van der Waals surface area contributed by atoms with Gasteiger partial charge in [-0.2, -0.15) is 0 Å². The number of hydrogen-bond donors (Lipinski definition) is 1. The number of anilines is 1. The Morgan fingerprint density at radius 2 is 1.84 bits per heavy atom. The van der Waals surface area contributed by atoms with Crippen LogP contribution in [0.25, 0.3) is 10.9 Å². The Labute approximate surface area is 177 Å². The van der Waals surface area contributed by atoms with E-state index in [2.05, 4.69) is 10.3 Å². The van der Waals surface area contributed by atoms with Gasteiger partial charge in [-0.3, -0.25) is 24.9 Å². The molecule has 1 aromatic heterocycles. The van der Waals surface area contributed by atoms with Crippen LogP contribution in [0.2, 0.25) is 0 Å². The number of rotatable bonds is 4. The standard InChI is InChI=1S/C24H16N4O3/c29-24-22(19-14-18(28(30)31)9-11-21(19)27-24)23(15-5-2-1-3-6-15)26-17-8-10-20-16(13-17)7-4-12-25-20/h1-14,22H,(H,27,29). The molecule has 0 aliphatic carbocycles. The summed E-state index contributed by atoms with van der Waals surface area (Å²) in [7, 11) is 0. The number of amides is 1. The van der Waals surface area contributed by atoms with Crippen molar-refractivity contribution < 1.29 is 9.72 Å². The van der Waals surface area contributed by atoms with Crippen LogP contribution in [0.3, 0.4) is 0 Å². The molecule has 3 aromatic carbocycles. The minimum Gasteiger partial charge on any atom is -0.325 e. The van der Waals surface area contributed by atoms with Crippen molar-refractivity contribution in [3.05, 3.63) is 106 Å². The van der Waals surface area contributed by atoms with Gasteiger partial charge in [-0.15, -0.1) is 0 Å². The Bertz CT molecular complexity index is 1370. The van der Waals surface area contributed by atoms with Crippen LogP contribution in [0.4, 0.5) is 17.1 Å². The third kappa shape index (κ3) is 3.42. The second-order valence-electron chi connectivity index (χ2n) is 7.19. The maximum atomic E-state index is 13.0. The van der Waals surface area contributed by atoms with Crippen LogP contribution in [-0.4, -0.2) is 21.5 Å². The topological polar surface area (TPSA) is 97.5 Å². The number of hydrogen-bond acceptors (Lipinski definition) is 5. The smallest absolute Gasteiger partial charge is 0.269 e. The number of nitrogens with zero attached hydrogens (tertiary/aromatic N) is 3. The number of benzene rings is 3. The summed E-state index contributed by atoms with van der Waals surface area (Å²) in [5, 5.41) is 15.1. The summed E-state index contributed by atoms with van der Waals surface area (Å²) in [6, 6.07) is 23.2.